The molecule has 8 nitrogen and oxygen atoms in total. The first-order chi connectivity index (χ1) is 12.9. The predicted molar refractivity (Wildman–Crippen MR) is 101 cm³/mol. The molecule has 0 unspecified atom stereocenters. The molecule has 9 heteroatoms. The standard InChI is InChI=1S/C18H23N5O3S/c19-27(25,26)16-4-2-14(3-5-16)6-11-20-17(24)15-7-12-23(13-8-15)18-21-9-1-10-22-18/h1-5,9-10,15H,6-8,11-13H2,(H,20,24)(H2,19,25,26). The van der Waals surface area contributed by atoms with Gasteiger partial charge >= 0.3 is 0 Å². The van der Waals surface area contributed by atoms with Crippen LogP contribution in [0, 0.1) is 5.92 Å². The highest BCUT2D eigenvalue weighted by Crippen LogP contribution is 2.20. The average Bonchev–Trinajstić information content (AvgIpc) is 2.68. The summed E-state index contributed by atoms with van der Waals surface area (Å²) in [7, 11) is -3.68. The lowest BCUT2D eigenvalue weighted by Crippen LogP contribution is -2.41. The molecule has 0 radical (unpaired) electrons. The van der Waals surface area contributed by atoms with Gasteiger partial charge in [0.1, 0.15) is 0 Å². The number of anilines is 1. The number of nitrogens with one attached hydrogen (secondary N) is 1. The number of rotatable bonds is 6. The molecule has 1 aromatic heterocycles. The molecule has 144 valence electrons. The Balaban J connectivity index is 1.42. The number of nitrogens with zero attached hydrogens (tertiary/aromatic N) is 3. The van der Waals surface area contributed by atoms with Crippen LogP contribution in [0.15, 0.2) is 47.6 Å². The van der Waals surface area contributed by atoms with Crippen molar-refractivity contribution in [1.82, 2.24) is 15.3 Å². The molecule has 3 rings (SSSR count). The van der Waals surface area contributed by atoms with Crippen LogP contribution in [-0.4, -0.2) is 43.9 Å². The summed E-state index contributed by atoms with van der Waals surface area (Å²) in [6, 6.07) is 8.17. The maximum atomic E-state index is 12.4. The van der Waals surface area contributed by atoms with Crippen LogP contribution < -0.4 is 15.4 Å². The monoisotopic (exact) mass is 389 g/mol. The summed E-state index contributed by atoms with van der Waals surface area (Å²) < 4.78 is 22.5. The van der Waals surface area contributed by atoms with Gasteiger partial charge in [-0.15, -0.1) is 0 Å². The van der Waals surface area contributed by atoms with E-state index in [2.05, 4.69) is 20.2 Å². The number of aromatic nitrogens is 2. The Kier molecular flexibility index (Phi) is 6.02. The fraction of sp³-hybridized carbons (Fsp3) is 0.389. The molecule has 3 N–H and O–H groups in total. The number of amides is 1. The van der Waals surface area contributed by atoms with Crippen molar-refractivity contribution in [3.05, 3.63) is 48.3 Å². The van der Waals surface area contributed by atoms with E-state index < -0.39 is 10.0 Å². The zero-order chi connectivity index (χ0) is 19.3. The maximum absolute atomic E-state index is 12.4. The number of piperidine rings is 1. The van der Waals surface area contributed by atoms with Crippen LogP contribution in [0.5, 0.6) is 0 Å². The molecule has 0 aliphatic carbocycles. The van der Waals surface area contributed by atoms with Crippen molar-refractivity contribution in [3.63, 3.8) is 0 Å². The number of primary sulfonamides is 1. The second-order valence-electron chi connectivity index (χ2n) is 6.54. The predicted octanol–water partition coefficient (Wildman–Crippen LogP) is 0.699. The van der Waals surface area contributed by atoms with Crippen LogP contribution >= 0.6 is 0 Å². The minimum atomic E-state index is -3.68. The van der Waals surface area contributed by atoms with E-state index in [0.29, 0.717) is 18.9 Å². The summed E-state index contributed by atoms with van der Waals surface area (Å²) in [6.07, 6.45) is 5.61. The maximum Gasteiger partial charge on any atom is 0.238 e. The van der Waals surface area contributed by atoms with Gasteiger partial charge in [-0.1, -0.05) is 12.1 Å². The SMILES string of the molecule is NS(=O)(=O)c1ccc(CCNC(=O)C2CCN(c3ncccn3)CC2)cc1. The van der Waals surface area contributed by atoms with Gasteiger partial charge in [-0.05, 0) is 43.0 Å². The van der Waals surface area contributed by atoms with Crippen LogP contribution in [0.3, 0.4) is 0 Å². The molecule has 27 heavy (non-hydrogen) atoms. The molecule has 1 saturated heterocycles. The van der Waals surface area contributed by atoms with E-state index in [1.54, 1.807) is 30.6 Å². The van der Waals surface area contributed by atoms with Gasteiger partial charge in [0, 0.05) is 37.9 Å². The molecule has 0 saturated carbocycles. The largest absolute Gasteiger partial charge is 0.356 e. The smallest absolute Gasteiger partial charge is 0.238 e. The van der Waals surface area contributed by atoms with Gasteiger partial charge in [-0.25, -0.2) is 23.5 Å². The van der Waals surface area contributed by atoms with Crippen molar-refractivity contribution in [3.8, 4) is 0 Å². The normalized spacial score (nSPS) is 15.5. The highest BCUT2D eigenvalue weighted by Gasteiger charge is 2.25. The molecule has 2 heterocycles. The van der Waals surface area contributed by atoms with Crippen LogP contribution in [0.4, 0.5) is 5.95 Å². The summed E-state index contributed by atoms with van der Waals surface area (Å²) in [5.41, 5.74) is 0.943. The second-order valence-corrected chi connectivity index (χ2v) is 8.10. The van der Waals surface area contributed by atoms with Gasteiger partial charge in [0.15, 0.2) is 0 Å². The van der Waals surface area contributed by atoms with E-state index in [4.69, 9.17) is 5.14 Å². The van der Waals surface area contributed by atoms with Crippen molar-refractivity contribution in [2.45, 2.75) is 24.2 Å². The fourth-order valence-corrected chi connectivity index (χ4v) is 3.63. The van der Waals surface area contributed by atoms with E-state index >= 15 is 0 Å². The summed E-state index contributed by atoms with van der Waals surface area (Å²) in [5, 5.41) is 8.05. The van der Waals surface area contributed by atoms with Crippen molar-refractivity contribution < 1.29 is 13.2 Å². The number of sulfonamides is 1. The van der Waals surface area contributed by atoms with E-state index in [9.17, 15) is 13.2 Å². The Morgan fingerprint density at radius 1 is 1.15 bits per heavy atom. The minimum Gasteiger partial charge on any atom is -0.356 e. The molecular formula is C18H23N5O3S. The van der Waals surface area contributed by atoms with Crippen molar-refractivity contribution >= 4 is 21.9 Å². The lowest BCUT2D eigenvalue weighted by molar-refractivity contribution is -0.125. The first kappa shape index (κ1) is 19.2. The molecule has 0 spiro atoms. The van der Waals surface area contributed by atoms with Crippen LogP contribution in [0.25, 0.3) is 0 Å². The first-order valence-electron chi connectivity index (χ1n) is 8.85. The zero-order valence-corrected chi connectivity index (χ0v) is 15.7. The van der Waals surface area contributed by atoms with Crippen LogP contribution in [-0.2, 0) is 21.2 Å². The number of carbonyl (C=O) groups is 1. The molecule has 1 aromatic carbocycles. The lowest BCUT2D eigenvalue weighted by atomic mass is 9.96. The fourth-order valence-electron chi connectivity index (χ4n) is 3.12. The third-order valence-corrected chi connectivity index (χ3v) is 5.59. The number of hydrogen-bond donors (Lipinski definition) is 2. The van der Waals surface area contributed by atoms with Crippen molar-refractivity contribution in [2.75, 3.05) is 24.5 Å². The third-order valence-electron chi connectivity index (χ3n) is 4.67. The molecule has 1 aliphatic rings. The number of carbonyl (C=O) groups excluding carboxylic acids is 1. The minimum absolute atomic E-state index is 0.00489. The Hall–Kier alpha value is -2.52. The summed E-state index contributed by atoms with van der Waals surface area (Å²) >= 11 is 0. The van der Waals surface area contributed by atoms with E-state index in [-0.39, 0.29) is 16.7 Å². The zero-order valence-electron chi connectivity index (χ0n) is 14.9. The van der Waals surface area contributed by atoms with E-state index in [1.807, 2.05) is 0 Å². The molecular weight excluding hydrogens is 366 g/mol. The van der Waals surface area contributed by atoms with Crippen LogP contribution in [0.1, 0.15) is 18.4 Å². The number of nitrogens with two attached hydrogens (primary N) is 1. The quantitative estimate of drug-likeness (QED) is 0.751. The molecule has 0 atom stereocenters. The van der Waals surface area contributed by atoms with Crippen molar-refractivity contribution in [2.24, 2.45) is 11.1 Å². The molecule has 1 amide bonds. The van der Waals surface area contributed by atoms with Gasteiger partial charge < -0.3 is 10.2 Å². The van der Waals surface area contributed by atoms with Gasteiger partial charge in [-0.2, -0.15) is 0 Å². The summed E-state index contributed by atoms with van der Waals surface area (Å²) in [5.74, 6) is 0.763. The Morgan fingerprint density at radius 3 is 2.37 bits per heavy atom. The van der Waals surface area contributed by atoms with E-state index in [1.165, 1.54) is 12.1 Å². The van der Waals surface area contributed by atoms with Gasteiger partial charge in [-0.3, -0.25) is 4.79 Å². The Labute approximate surface area is 158 Å². The Bertz CT molecular complexity index is 864. The summed E-state index contributed by atoms with van der Waals surface area (Å²) in [4.78, 5) is 23.0. The lowest BCUT2D eigenvalue weighted by Gasteiger charge is -2.31. The number of hydrogen-bond acceptors (Lipinski definition) is 6. The third kappa shape index (κ3) is 5.24. The molecule has 1 aliphatic heterocycles. The molecule has 2 aromatic rings. The first-order valence-corrected chi connectivity index (χ1v) is 10.4. The highest BCUT2D eigenvalue weighted by molar-refractivity contribution is 7.89. The topological polar surface area (TPSA) is 118 Å². The Morgan fingerprint density at radius 2 is 1.78 bits per heavy atom. The van der Waals surface area contributed by atoms with Crippen molar-refractivity contribution in [1.29, 1.82) is 0 Å². The summed E-state index contributed by atoms with van der Waals surface area (Å²) in [6.45, 7) is 2.03. The van der Waals surface area contributed by atoms with Gasteiger partial charge in [0.05, 0.1) is 4.90 Å². The average molecular weight is 389 g/mol. The molecule has 0 bridgehead atoms. The molecule has 1 fully saturated rings. The second kappa shape index (κ2) is 8.45. The van der Waals surface area contributed by atoms with Gasteiger partial charge in [0.25, 0.3) is 0 Å². The number of benzene rings is 1. The van der Waals surface area contributed by atoms with Gasteiger partial charge in [0.2, 0.25) is 21.9 Å². The van der Waals surface area contributed by atoms with Crippen LogP contribution in [0.2, 0.25) is 0 Å². The van der Waals surface area contributed by atoms with E-state index in [0.717, 1.165) is 31.5 Å². The highest BCUT2D eigenvalue weighted by atomic mass is 32.2.